The summed E-state index contributed by atoms with van der Waals surface area (Å²) in [6.45, 7) is 3.67. The summed E-state index contributed by atoms with van der Waals surface area (Å²) in [7, 11) is 0. The average molecular weight is 462 g/mol. The van der Waals surface area contributed by atoms with Gasteiger partial charge in [-0.25, -0.2) is 0 Å². The Bertz CT molecular complexity index is 840. The zero-order valence-corrected chi connectivity index (χ0v) is 17.5. The van der Waals surface area contributed by atoms with Gasteiger partial charge in [0, 0.05) is 30.2 Å². The number of para-hydroxylation sites is 1. The summed E-state index contributed by atoms with van der Waals surface area (Å²) in [6.07, 6.45) is 4.96. The molecule has 0 aliphatic rings. The normalized spacial score (nSPS) is 11.3. The Kier molecular flexibility index (Phi) is 7.97. The molecule has 0 unspecified atom stereocenters. The number of nitrogens with zero attached hydrogens (tertiary/aromatic N) is 1. The lowest BCUT2D eigenvalue weighted by Gasteiger charge is -2.06. The van der Waals surface area contributed by atoms with Crippen LogP contribution in [0.4, 0.5) is 0 Å². The summed E-state index contributed by atoms with van der Waals surface area (Å²) in [6, 6.07) is 16.9. The van der Waals surface area contributed by atoms with E-state index in [2.05, 4.69) is 70.9 Å². The maximum absolute atomic E-state index is 5.97. The van der Waals surface area contributed by atoms with E-state index in [1.807, 2.05) is 6.07 Å². The van der Waals surface area contributed by atoms with Crippen molar-refractivity contribution < 1.29 is 0 Å². The Hall–Kier alpha value is -2.02. The summed E-state index contributed by atoms with van der Waals surface area (Å²) in [5.41, 5.74) is 11.2. The number of benzene rings is 2. The topological polar surface area (TPSA) is 66.2 Å². The molecule has 4 nitrogen and oxygen atoms in total. The molecule has 0 bridgehead atoms. The first kappa shape index (κ1) is 20.3. The van der Waals surface area contributed by atoms with Crippen molar-refractivity contribution in [2.45, 2.75) is 26.2 Å². The number of H-pyrrole nitrogens is 1. The standard InChI is InChI=1S/C21H26N4.HI/c1-2-17-9-6-10-19-18(15-25-20(17)19)12-14-24-21(22)23-13-11-16-7-4-3-5-8-16;/h3-10,15,25H,2,11-14H2,1H3,(H3,22,23,24);1H. The van der Waals surface area contributed by atoms with Gasteiger partial charge in [0.15, 0.2) is 5.96 Å². The first-order valence-corrected chi connectivity index (χ1v) is 8.93. The van der Waals surface area contributed by atoms with Crippen LogP contribution >= 0.6 is 24.0 Å². The third-order valence-electron chi connectivity index (χ3n) is 4.49. The van der Waals surface area contributed by atoms with Gasteiger partial charge in [-0.3, -0.25) is 4.99 Å². The summed E-state index contributed by atoms with van der Waals surface area (Å²) >= 11 is 0. The maximum Gasteiger partial charge on any atom is 0.188 e. The molecule has 0 aliphatic carbocycles. The number of hydrogen-bond acceptors (Lipinski definition) is 1. The number of nitrogens with two attached hydrogens (primary N) is 1. The Balaban J connectivity index is 0.00000243. The lowest BCUT2D eigenvalue weighted by molar-refractivity contribution is 0.844. The van der Waals surface area contributed by atoms with E-state index < -0.39 is 0 Å². The summed E-state index contributed by atoms with van der Waals surface area (Å²) in [4.78, 5) is 7.85. The molecule has 0 spiro atoms. The maximum atomic E-state index is 5.97. The van der Waals surface area contributed by atoms with Crippen LogP contribution in [-0.4, -0.2) is 24.0 Å². The minimum Gasteiger partial charge on any atom is -0.370 e. The van der Waals surface area contributed by atoms with Gasteiger partial charge in [-0.1, -0.05) is 55.5 Å². The van der Waals surface area contributed by atoms with Crippen LogP contribution in [0.5, 0.6) is 0 Å². The second kappa shape index (κ2) is 10.2. The SMILES string of the molecule is CCc1cccc2c(CCN=C(N)NCCc3ccccc3)c[nH]c12.I. The molecule has 1 heterocycles. The third-order valence-corrected chi connectivity index (χ3v) is 4.49. The van der Waals surface area contributed by atoms with Gasteiger partial charge < -0.3 is 16.0 Å². The molecule has 0 fully saturated rings. The molecule has 1 aromatic heterocycles. The molecule has 2 aromatic carbocycles. The molecule has 3 rings (SSSR count). The Morgan fingerprint density at radius 2 is 1.85 bits per heavy atom. The number of aliphatic imine (C=N–C) groups is 1. The van der Waals surface area contributed by atoms with E-state index in [0.29, 0.717) is 12.5 Å². The van der Waals surface area contributed by atoms with Crippen LogP contribution in [0.2, 0.25) is 0 Å². The first-order chi connectivity index (χ1) is 12.3. The van der Waals surface area contributed by atoms with Crippen molar-refractivity contribution in [2.24, 2.45) is 10.7 Å². The van der Waals surface area contributed by atoms with Gasteiger partial charge >= 0.3 is 0 Å². The van der Waals surface area contributed by atoms with Crippen molar-refractivity contribution >= 4 is 40.8 Å². The van der Waals surface area contributed by atoms with E-state index in [9.17, 15) is 0 Å². The molecule has 138 valence electrons. The van der Waals surface area contributed by atoms with Crippen molar-refractivity contribution in [3.8, 4) is 0 Å². The number of aryl methyl sites for hydroxylation is 1. The number of rotatable bonds is 7. The minimum atomic E-state index is 0. The highest BCUT2D eigenvalue weighted by molar-refractivity contribution is 14.0. The molecule has 4 N–H and O–H groups in total. The highest BCUT2D eigenvalue weighted by Crippen LogP contribution is 2.22. The number of hydrogen-bond donors (Lipinski definition) is 3. The highest BCUT2D eigenvalue weighted by atomic mass is 127. The molecular formula is C21H27IN4. The molecule has 0 amide bonds. The smallest absolute Gasteiger partial charge is 0.188 e. The first-order valence-electron chi connectivity index (χ1n) is 8.93. The zero-order valence-electron chi connectivity index (χ0n) is 15.2. The zero-order chi connectivity index (χ0) is 17.5. The van der Waals surface area contributed by atoms with Gasteiger partial charge in [-0.05, 0) is 36.0 Å². The summed E-state index contributed by atoms with van der Waals surface area (Å²) in [5, 5.41) is 4.48. The van der Waals surface area contributed by atoms with Crippen molar-refractivity contribution in [1.29, 1.82) is 0 Å². The Labute approximate surface area is 172 Å². The molecule has 0 aliphatic heterocycles. The molecule has 0 radical (unpaired) electrons. The summed E-state index contributed by atoms with van der Waals surface area (Å²) in [5.74, 6) is 0.519. The second-order valence-electron chi connectivity index (χ2n) is 6.19. The molecule has 26 heavy (non-hydrogen) atoms. The number of aromatic amines is 1. The van der Waals surface area contributed by atoms with Crippen LogP contribution in [0.25, 0.3) is 10.9 Å². The summed E-state index contributed by atoms with van der Waals surface area (Å²) < 4.78 is 0. The van der Waals surface area contributed by atoms with E-state index in [1.54, 1.807) is 0 Å². The van der Waals surface area contributed by atoms with E-state index in [-0.39, 0.29) is 24.0 Å². The predicted octanol–water partition coefficient (Wildman–Crippen LogP) is 4.04. The predicted molar refractivity (Wildman–Crippen MR) is 121 cm³/mol. The lowest BCUT2D eigenvalue weighted by Crippen LogP contribution is -2.33. The lowest BCUT2D eigenvalue weighted by atomic mass is 10.1. The van der Waals surface area contributed by atoms with Crippen LogP contribution < -0.4 is 11.1 Å². The largest absolute Gasteiger partial charge is 0.370 e. The minimum absolute atomic E-state index is 0. The fourth-order valence-corrected chi connectivity index (χ4v) is 3.11. The monoisotopic (exact) mass is 462 g/mol. The van der Waals surface area contributed by atoms with Gasteiger partial charge in [-0.2, -0.15) is 0 Å². The highest BCUT2D eigenvalue weighted by Gasteiger charge is 2.06. The molecule has 5 heteroatoms. The van der Waals surface area contributed by atoms with Crippen molar-refractivity contribution in [3.05, 3.63) is 71.4 Å². The van der Waals surface area contributed by atoms with E-state index in [0.717, 1.165) is 25.8 Å². The molecular weight excluding hydrogens is 435 g/mol. The molecule has 0 atom stereocenters. The van der Waals surface area contributed by atoms with Crippen LogP contribution in [-0.2, 0) is 19.3 Å². The second-order valence-corrected chi connectivity index (χ2v) is 6.19. The average Bonchev–Trinajstić information content (AvgIpc) is 3.06. The van der Waals surface area contributed by atoms with Crippen LogP contribution in [0.1, 0.15) is 23.6 Å². The van der Waals surface area contributed by atoms with Gasteiger partial charge in [0.1, 0.15) is 0 Å². The fraction of sp³-hybridized carbons (Fsp3) is 0.286. The quantitative estimate of drug-likeness (QED) is 0.282. The third kappa shape index (κ3) is 5.24. The van der Waals surface area contributed by atoms with Crippen LogP contribution in [0.3, 0.4) is 0 Å². The molecule has 0 saturated heterocycles. The molecule has 3 aromatic rings. The number of halogens is 1. The Morgan fingerprint density at radius 3 is 2.62 bits per heavy atom. The number of nitrogens with one attached hydrogen (secondary N) is 2. The number of fused-ring (bicyclic) bond motifs is 1. The van der Waals surface area contributed by atoms with Crippen LogP contribution in [0.15, 0.2) is 59.7 Å². The van der Waals surface area contributed by atoms with Gasteiger partial charge in [0.05, 0.1) is 0 Å². The number of aromatic nitrogens is 1. The van der Waals surface area contributed by atoms with Crippen molar-refractivity contribution in [3.63, 3.8) is 0 Å². The van der Waals surface area contributed by atoms with Gasteiger partial charge in [0.2, 0.25) is 0 Å². The van der Waals surface area contributed by atoms with Crippen molar-refractivity contribution in [1.82, 2.24) is 10.3 Å². The fourth-order valence-electron chi connectivity index (χ4n) is 3.11. The van der Waals surface area contributed by atoms with Crippen LogP contribution in [0, 0.1) is 0 Å². The van der Waals surface area contributed by atoms with E-state index >= 15 is 0 Å². The Morgan fingerprint density at radius 1 is 1.04 bits per heavy atom. The van der Waals surface area contributed by atoms with Crippen molar-refractivity contribution in [2.75, 3.05) is 13.1 Å². The molecule has 0 saturated carbocycles. The van der Waals surface area contributed by atoms with Gasteiger partial charge in [0.25, 0.3) is 0 Å². The van der Waals surface area contributed by atoms with Gasteiger partial charge in [-0.15, -0.1) is 24.0 Å². The van der Waals surface area contributed by atoms with E-state index in [4.69, 9.17) is 5.73 Å². The van der Waals surface area contributed by atoms with E-state index in [1.165, 1.54) is 27.6 Å². The number of guanidine groups is 1.